The molecule has 1 atom stereocenters. The summed E-state index contributed by atoms with van der Waals surface area (Å²) < 4.78 is 5.69. The van der Waals surface area contributed by atoms with Crippen LogP contribution in [0.25, 0.3) is 0 Å². The quantitative estimate of drug-likeness (QED) is 0.309. The van der Waals surface area contributed by atoms with Crippen LogP contribution in [0.3, 0.4) is 0 Å². The van der Waals surface area contributed by atoms with E-state index in [-0.39, 0.29) is 18.9 Å². The van der Waals surface area contributed by atoms with Gasteiger partial charge in [-0.25, -0.2) is 4.79 Å². The van der Waals surface area contributed by atoms with Crippen LogP contribution in [0.5, 0.6) is 5.75 Å². The summed E-state index contributed by atoms with van der Waals surface area (Å²) in [6.07, 6.45) is 5.40. The Hall–Kier alpha value is -2.96. The number of hydrogen-bond acceptors (Lipinski definition) is 5. The first-order chi connectivity index (χ1) is 17.1. The van der Waals surface area contributed by atoms with Crippen molar-refractivity contribution in [3.63, 3.8) is 0 Å². The van der Waals surface area contributed by atoms with Gasteiger partial charge in [0.1, 0.15) is 12.3 Å². The molecule has 3 aromatic rings. The Balaban J connectivity index is 1.31. The van der Waals surface area contributed by atoms with E-state index in [1.54, 1.807) is 0 Å². The summed E-state index contributed by atoms with van der Waals surface area (Å²) in [6, 6.07) is 20.3. The fourth-order valence-electron chi connectivity index (χ4n) is 4.81. The van der Waals surface area contributed by atoms with Crippen molar-refractivity contribution in [1.82, 2.24) is 10.2 Å². The summed E-state index contributed by atoms with van der Waals surface area (Å²) in [4.78, 5) is 28.7. The van der Waals surface area contributed by atoms with Crippen molar-refractivity contribution in [3.05, 3.63) is 87.6 Å². The minimum atomic E-state index is -0.439. The van der Waals surface area contributed by atoms with Gasteiger partial charge in [-0.05, 0) is 72.9 Å². The molecule has 5 nitrogen and oxygen atoms in total. The highest BCUT2D eigenvalue weighted by molar-refractivity contribution is 7.09. The maximum absolute atomic E-state index is 12.5. The average molecular weight is 491 g/mol. The molecule has 0 spiro atoms. The Morgan fingerprint density at radius 2 is 1.91 bits per heavy atom. The summed E-state index contributed by atoms with van der Waals surface area (Å²) in [5.74, 6) is -0.000903. The highest BCUT2D eigenvalue weighted by Gasteiger charge is 2.26. The molecule has 1 N–H and O–H groups in total. The number of carbonyl (C=O) groups excluding carboxylic acids is 2. The van der Waals surface area contributed by atoms with Gasteiger partial charge < -0.3 is 10.1 Å². The molecule has 2 aromatic carbocycles. The molecule has 0 unspecified atom stereocenters. The van der Waals surface area contributed by atoms with E-state index >= 15 is 0 Å². The van der Waals surface area contributed by atoms with E-state index in [1.165, 1.54) is 10.4 Å². The van der Waals surface area contributed by atoms with Crippen molar-refractivity contribution in [2.45, 2.75) is 51.5 Å². The van der Waals surface area contributed by atoms with Gasteiger partial charge in [-0.1, -0.05) is 55.5 Å². The molecule has 0 saturated heterocycles. The monoisotopic (exact) mass is 490 g/mol. The molecule has 0 bridgehead atoms. The minimum absolute atomic E-state index is 0.134. The number of hydrogen-bond donors (Lipinski definition) is 1. The van der Waals surface area contributed by atoms with Crippen LogP contribution < -0.4 is 10.1 Å². The summed E-state index contributed by atoms with van der Waals surface area (Å²) in [6.45, 7) is 4.28. The number of nitrogens with zero attached hydrogens (tertiary/aromatic N) is 1. The number of nitrogens with one attached hydrogen (secondary N) is 1. The second-order valence-corrected chi connectivity index (χ2v) is 10.1. The predicted octanol–water partition coefficient (Wildman–Crippen LogP) is 4.82. The largest absolute Gasteiger partial charge is 0.425 e. The lowest BCUT2D eigenvalue weighted by molar-refractivity contribution is -0.135. The standard InChI is InChI=1S/C29H34N2O3S/c1-2-16-31(17-15-25-11-7-18-35-25)24-13-14-26-23(20-24)10-6-12-27(26)34-29(33)21-30-28(32)19-22-8-4-3-5-9-22/h3-12,18,24H,2,13-17,19-21H2,1H3,(H,30,32)/t24-/m0/s1. The lowest BCUT2D eigenvalue weighted by atomic mass is 9.86. The zero-order chi connectivity index (χ0) is 24.5. The van der Waals surface area contributed by atoms with Crippen molar-refractivity contribution < 1.29 is 14.3 Å². The van der Waals surface area contributed by atoms with Gasteiger partial charge in [0, 0.05) is 17.5 Å². The lowest BCUT2D eigenvalue weighted by Gasteiger charge is -2.35. The molecule has 1 heterocycles. The lowest BCUT2D eigenvalue weighted by Crippen LogP contribution is -2.41. The number of thiophene rings is 1. The molecule has 4 rings (SSSR count). The van der Waals surface area contributed by atoms with Gasteiger partial charge in [0.2, 0.25) is 5.91 Å². The van der Waals surface area contributed by atoms with Gasteiger partial charge >= 0.3 is 5.97 Å². The molecule has 0 saturated carbocycles. The molecular formula is C29H34N2O3S. The van der Waals surface area contributed by atoms with Crippen molar-refractivity contribution in [2.75, 3.05) is 19.6 Å². The van der Waals surface area contributed by atoms with E-state index in [0.29, 0.717) is 11.8 Å². The van der Waals surface area contributed by atoms with Crippen LogP contribution in [0.15, 0.2) is 66.0 Å². The zero-order valence-corrected chi connectivity index (χ0v) is 21.2. The van der Waals surface area contributed by atoms with Crippen molar-refractivity contribution in [3.8, 4) is 5.75 Å². The number of carbonyl (C=O) groups is 2. The normalized spacial score (nSPS) is 15.0. The zero-order valence-electron chi connectivity index (χ0n) is 20.4. The molecular weight excluding hydrogens is 456 g/mol. The number of esters is 1. The Labute approximate surface area is 212 Å². The Kier molecular flexibility index (Phi) is 9.09. The van der Waals surface area contributed by atoms with Crippen molar-refractivity contribution in [2.24, 2.45) is 0 Å². The Morgan fingerprint density at radius 1 is 1.06 bits per heavy atom. The summed E-state index contributed by atoms with van der Waals surface area (Å²) in [5.41, 5.74) is 3.30. The van der Waals surface area contributed by atoms with Crippen LogP contribution in [0, 0.1) is 0 Å². The smallest absolute Gasteiger partial charge is 0.330 e. The van der Waals surface area contributed by atoms with Gasteiger partial charge in [-0.3, -0.25) is 9.69 Å². The fraction of sp³-hybridized carbons (Fsp3) is 0.379. The topological polar surface area (TPSA) is 58.6 Å². The first-order valence-electron chi connectivity index (χ1n) is 12.5. The van der Waals surface area contributed by atoms with Gasteiger partial charge in [0.15, 0.2) is 0 Å². The van der Waals surface area contributed by atoms with Gasteiger partial charge in [0.05, 0.1) is 6.42 Å². The third kappa shape index (κ3) is 7.26. The van der Waals surface area contributed by atoms with Crippen molar-refractivity contribution >= 4 is 23.2 Å². The van der Waals surface area contributed by atoms with Crippen LogP contribution in [0.4, 0.5) is 0 Å². The number of amides is 1. The highest BCUT2D eigenvalue weighted by atomic mass is 32.1. The molecule has 1 aliphatic carbocycles. The molecule has 1 amide bonds. The van der Waals surface area contributed by atoms with E-state index < -0.39 is 5.97 Å². The number of fused-ring (bicyclic) bond motifs is 1. The third-order valence-electron chi connectivity index (χ3n) is 6.53. The van der Waals surface area contributed by atoms with Gasteiger partial charge in [-0.15, -0.1) is 11.3 Å². The number of ether oxygens (including phenoxy) is 1. The van der Waals surface area contributed by atoms with Gasteiger partial charge in [0.25, 0.3) is 0 Å². The summed E-state index contributed by atoms with van der Waals surface area (Å²) in [7, 11) is 0. The van der Waals surface area contributed by atoms with E-state index in [4.69, 9.17) is 4.74 Å². The molecule has 0 aliphatic heterocycles. The van der Waals surface area contributed by atoms with E-state index in [2.05, 4.69) is 40.7 Å². The third-order valence-corrected chi connectivity index (χ3v) is 7.46. The van der Waals surface area contributed by atoms with E-state index in [1.807, 2.05) is 53.8 Å². The van der Waals surface area contributed by atoms with Crippen LogP contribution in [-0.2, 0) is 35.3 Å². The van der Waals surface area contributed by atoms with Gasteiger partial charge in [-0.2, -0.15) is 0 Å². The SMILES string of the molecule is CCCN(CCc1cccs1)[C@H]1CCc2c(cccc2OC(=O)CNC(=O)Cc2ccccc2)C1. The number of rotatable bonds is 11. The maximum Gasteiger partial charge on any atom is 0.330 e. The van der Waals surface area contributed by atoms with Crippen LogP contribution in [0.1, 0.15) is 41.3 Å². The van der Waals surface area contributed by atoms with Crippen LogP contribution in [0.2, 0.25) is 0 Å². The Bertz CT molecular complexity index is 1100. The maximum atomic E-state index is 12.5. The van der Waals surface area contributed by atoms with E-state index in [0.717, 1.165) is 56.3 Å². The average Bonchev–Trinajstić information content (AvgIpc) is 3.39. The summed E-state index contributed by atoms with van der Waals surface area (Å²) in [5, 5.41) is 4.82. The molecule has 1 aliphatic rings. The summed E-state index contributed by atoms with van der Waals surface area (Å²) >= 11 is 1.83. The highest BCUT2D eigenvalue weighted by Crippen LogP contribution is 2.32. The Morgan fingerprint density at radius 3 is 2.69 bits per heavy atom. The molecule has 0 fully saturated rings. The van der Waals surface area contributed by atoms with Crippen LogP contribution >= 0.6 is 11.3 Å². The van der Waals surface area contributed by atoms with E-state index in [9.17, 15) is 9.59 Å². The second kappa shape index (κ2) is 12.7. The molecule has 184 valence electrons. The van der Waals surface area contributed by atoms with Crippen LogP contribution in [-0.4, -0.2) is 42.5 Å². The second-order valence-electron chi connectivity index (χ2n) is 9.07. The minimum Gasteiger partial charge on any atom is -0.425 e. The van der Waals surface area contributed by atoms with Crippen molar-refractivity contribution in [1.29, 1.82) is 0 Å². The number of benzene rings is 2. The fourth-order valence-corrected chi connectivity index (χ4v) is 5.50. The molecule has 35 heavy (non-hydrogen) atoms. The molecule has 0 radical (unpaired) electrons. The first-order valence-corrected chi connectivity index (χ1v) is 13.4. The first kappa shape index (κ1) is 25.1. The predicted molar refractivity (Wildman–Crippen MR) is 141 cm³/mol. The molecule has 6 heteroatoms. The molecule has 1 aromatic heterocycles.